The fraction of sp³-hybridized carbons (Fsp3) is 0.579. The molecule has 1 aromatic carbocycles. The largest absolute Gasteiger partial charge is 0.481 e. The van der Waals surface area contributed by atoms with Crippen LogP contribution in [-0.4, -0.2) is 80.8 Å². The maximum atomic E-state index is 11.8. The molecule has 0 aliphatic carbocycles. The van der Waals surface area contributed by atoms with Crippen LogP contribution in [0.2, 0.25) is 0 Å². The van der Waals surface area contributed by atoms with Gasteiger partial charge in [-0.2, -0.15) is 0 Å². The Kier molecular flexibility index (Phi) is 6.70. The van der Waals surface area contributed by atoms with Gasteiger partial charge in [0.2, 0.25) is 6.29 Å². The predicted molar refractivity (Wildman–Crippen MR) is 97.4 cm³/mol. The lowest BCUT2D eigenvalue weighted by Gasteiger charge is -2.38. The average molecular weight is 411 g/mol. The topological polar surface area (TPSA) is 166 Å². The van der Waals surface area contributed by atoms with E-state index in [4.69, 9.17) is 14.6 Å². The summed E-state index contributed by atoms with van der Waals surface area (Å²) < 4.78 is 10.5. The highest BCUT2D eigenvalue weighted by Crippen LogP contribution is 2.29. The zero-order valence-corrected chi connectivity index (χ0v) is 15.5. The van der Waals surface area contributed by atoms with Crippen LogP contribution in [0.5, 0.6) is 5.75 Å². The van der Waals surface area contributed by atoms with Gasteiger partial charge in [-0.05, 0) is 37.1 Å². The molecule has 2 fully saturated rings. The molecule has 0 radical (unpaired) electrons. The number of carbonyl (C=O) groups is 2. The SMILES string of the molecule is O=C(O)C1OC(Oc2ccc(C(C(=O)O)C3CCCCN3)cc2)C(O)C(O)C1O. The summed E-state index contributed by atoms with van der Waals surface area (Å²) in [7, 11) is 0. The summed E-state index contributed by atoms with van der Waals surface area (Å²) in [5, 5.41) is 51.5. The first-order valence-corrected chi connectivity index (χ1v) is 9.45. The van der Waals surface area contributed by atoms with Crippen LogP contribution in [0.1, 0.15) is 30.7 Å². The van der Waals surface area contributed by atoms with E-state index in [9.17, 15) is 30.0 Å². The standard InChI is InChI=1S/C19H25NO9/c21-13-14(22)16(18(26)27)29-19(15(13)23)28-10-6-4-9(5-7-10)12(17(24)25)11-3-1-2-8-20-11/h4-7,11-16,19-23H,1-3,8H2,(H,24,25)(H,26,27). The monoisotopic (exact) mass is 411 g/mol. The minimum Gasteiger partial charge on any atom is -0.481 e. The number of hydrogen-bond acceptors (Lipinski definition) is 8. The number of carboxylic acid groups (broad SMARTS) is 2. The Balaban J connectivity index is 1.72. The number of nitrogens with one attached hydrogen (secondary N) is 1. The Labute approximate surface area is 166 Å². The highest BCUT2D eigenvalue weighted by Gasteiger charge is 2.48. The van der Waals surface area contributed by atoms with Crippen molar-refractivity contribution in [2.75, 3.05) is 6.54 Å². The first-order chi connectivity index (χ1) is 13.8. The van der Waals surface area contributed by atoms with Gasteiger partial charge in [-0.3, -0.25) is 4.79 Å². The number of piperidine rings is 1. The van der Waals surface area contributed by atoms with E-state index < -0.39 is 48.6 Å². The first kappa shape index (κ1) is 21.5. The fourth-order valence-corrected chi connectivity index (χ4v) is 3.75. The maximum Gasteiger partial charge on any atom is 0.335 e. The third kappa shape index (κ3) is 4.68. The van der Waals surface area contributed by atoms with Gasteiger partial charge in [0.25, 0.3) is 0 Å². The molecule has 0 aromatic heterocycles. The zero-order valence-electron chi connectivity index (χ0n) is 15.5. The van der Waals surface area contributed by atoms with Gasteiger partial charge in [0.15, 0.2) is 6.10 Å². The molecule has 0 bridgehead atoms. The summed E-state index contributed by atoms with van der Waals surface area (Å²) in [5.41, 5.74) is 0.577. The normalized spacial score (nSPS) is 33.6. The fourth-order valence-electron chi connectivity index (χ4n) is 3.75. The number of rotatable bonds is 6. The van der Waals surface area contributed by atoms with Crippen LogP contribution in [0.15, 0.2) is 24.3 Å². The van der Waals surface area contributed by atoms with Crippen LogP contribution < -0.4 is 10.1 Å². The van der Waals surface area contributed by atoms with Gasteiger partial charge in [0.1, 0.15) is 24.1 Å². The smallest absolute Gasteiger partial charge is 0.335 e. The molecule has 2 aliphatic rings. The van der Waals surface area contributed by atoms with Gasteiger partial charge in [0.05, 0.1) is 5.92 Å². The van der Waals surface area contributed by atoms with Crippen molar-refractivity contribution in [2.45, 2.75) is 61.9 Å². The molecular formula is C19H25NO9. The van der Waals surface area contributed by atoms with E-state index in [1.165, 1.54) is 12.1 Å². The van der Waals surface area contributed by atoms with Gasteiger partial charge in [-0.1, -0.05) is 18.6 Å². The van der Waals surface area contributed by atoms with E-state index in [1.54, 1.807) is 12.1 Å². The van der Waals surface area contributed by atoms with E-state index in [0.29, 0.717) is 5.56 Å². The van der Waals surface area contributed by atoms with E-state index >= 15 is 0 Å². The van der Waals surface area contributed by atoms with Crippen LogP contribution in [0, 0.1) is 0 Å². The van der Waals surface area contributed by atoms with Crippen molar-refractivity contribution in [3.05, 3.63) is 29.8 Å². The quantitative estimate of drug-likeness (QED) is 0.351. The van der Waals surface area contributed by atoms with Crippen molar-refractivity contribution in [1.82, 2.24) is 5.32 Å². The third-order valence-corrected chi connectivity index (χ3v) is 5.32. The van der Waals surface area contributed by atoms with Crippen LogP contribution in [0.4, 0.5) is 0 Å². The van der Waals surface area contributed by atoms with Crippen LogP contribution in [0.25, 0.3) is 0 Å². The molecule has 10 nitrogen and oxygen atoms in total. The number of aliphatic hydroxyl groups is 3. The van der Waals surface area contributed by atoms with Gasteiger partial charge in [-0.15, -0.1) is 0 Å². The van der Waals surface area contributed by atoms with Gasteiger partial charge in [0, 0.05) is 6.04 Å². The predicted octanol–water partition coefficient (Wildman–Crippen LogP) is -0.732. The Morgan fingerprint density at radius 3 is 2.28 bits per heavy atom. The summed E-state index contributed by atoms with van der Waals surface area (Å²) in [6, 6.07) is 5.96. The molecule has 10 heteroatoms. The lowest BCUT2D eigenvalue weighted by atomic mass is 9.86. The average Bonchev–Trinajstić information content (AvgIpc) is 2.70. The minimum atomic E-state index is -1.80. The second-order valence-electron chi connectivity index (χ2n) is 7.29. The Morgan fingerprint density at radius 1 is 1.03 bits per heavy atom. The van der Waals surface area contributed by atoms with E-state index in [0.717, 1.165) is 25.8 Å². The van der Waals surface area contributed by atoms with E-state index in [1.807, 2.05) is 0 Å². The maximum absolute atomic E-state index is 11.8. The highest BCUT2D eigenvalue weighted by molar-refractivity contribution is 5.77. The molecule has 0 spiro atoms. The summed E-state index contributed by atoms with van der Waals surface area (Å²) in [5.74, 6) is -2.98. The molecule has 3 rings (SSSR count). The van der Waals surface area contributed by atoms with Crippen LogP contribution in [0.3, 0.4) is 0 Å². The molecule has 29 heavy (non-hydrogen) atoms. The second-order valence-corrected chi connectivity index (χ2v) is 7.29. The first-order valence-electron chi connectivity index (χ1n) is 9.45. The molecule has 7 unspecified atom stereocenters. The molecular weight excluding hydrogens is 386 g/mol. The Morgan fingerprint density at radius 2 is 1.72 bits per heavy atom. The summed E-state index contributed by atoms with van der Waals surface area (Å²) >= 11 is 0. The van der Waals surface area contributed by atoms with Crippen molar-refractivity contribution in [3.63, 3.8) is 0 Å². The molecule has 6 N–H and O–H groups in total. The van der Waals surface area contributed by atoms with Crippen molar-refractivity contribution < 1.29 is 44.6 Å². The lowest BCUT2D eigenvalue weighted by Crippen LogP contribution is -2.61. The summed E-state index contributed by atoms with van der Waals surface area (Å²) in [4.78, 5) is 22.9. The lowest BCUT2D eigenvalue weighted by molar-refractivity contribution is -0.271. The van der Waals surface area contributed by atoms with Gasteiger partial charge >= 0.3 is 11.9 Å². The van der Waals surface area contributed by atoms with Crippen molar-refractivity contribution >= 4 is 11.9 Å². The number of ether oxygens (including phenoxy) is 2. The zero-order chi connectivity index (χ0) is 21.1. The molecule has 0 saturated carbocycles. The highest BCUT2D eigenvalue weighted by atomic mass is 16.7. The number of carboxylic acids is 2. The molecule has 7 atom stereocenters. The van der Waals surface area contributed by atoms with Gasteiger partial charge in [-0.25, -0.2) is 4.79 Å². The Bertz CT molecular complexity index is 719. The van der Waals surface area contributed by atoms with Crippen molar-refractivity contribution in [2.24, 2.45) is 0 Å². The molecule has 2 heterocycles. The Hall–Kier alpha value is -2.24. The molecule has 2 aliphatic heterocycles. The number of aliphatic carboxylic acids is 2. The third-order valence-electron chi connectivity index (χ3n) is 5.32. The summed E-state index contributed by atoms with van der Waals surface area (Å²) in [6.45, 7) is 0.769. The number of benzene rings is 1. The van der Waals surface area contributed by atoms with E-state index in [-0.39, 0.29) is 11.8 Å². The molecule has 1 aromatic rings. The number of aliphatic hydroxyl groups excluding tert-OH is 3. The molecule has 2 saturated heterocycles. The molecule has 160 valence electrons. The minimum absolute atomic E-state index is 0.176. The van der Waals surface area contributed by atoms with Crippen LogP contribution in [-0.2, 0) is 14.3 Å². The van der Waals surface area contributed by atoms with E-state index in [2.05, 4.69) is 5.32 Å². The van der Waals surface area contributed by atoms with Crippen molar-refractivity contribution in [3.8, 4) is 5.75 Å². The van der Waals surface area contributed by atoms with Crippen LogP contribution >= 0.6 is 0 Å². The number of hydrogen-bond donors (Lipinski definition) is 6. The van der Waals surface area contributed by atoms with Gasteiger partial charge < -0.3 is 40.3 Å². The molecule has 0 amide bonds. The summed E-state index contributed by atoms with van der Waals surface area (Å²) in [6.07, 6.45) is -5.78. The van der Waals surface area contributed by atoms with Crippen molar-refractivity contribution in [1.29, 1.82) is 0 Å². The second kappa shape index (κ2) is 9.06.